The summed E-state index contributed by atoms with van der Waals surface area (Å²) in [5.41, 5.74) is 8.25. The lowest BCUT2D eigenvalue weighted by atomic mass is 10.1. The van der Waals surface area contributed by atoms with E-state index >= 15 is 0 Å². The number of halogens is 2. The molecule has 2 N–H and O–H groups in total. The van der Waals surface area contributed by atoms with Crippen LogP contribution in [0, 0.1) is 6.92 Å². The van der Waals surface area contributed by atoms with E-state index in [0.717, 1.165) is 53.4 Å². The van der Waals surface area contributed by atoms with Gasteiger partial charge in [0.05, 0.1) is 19.8 Å². The first-order valence-electron chi connectivity index (χ1n) is 10.3. The van der Waals surface area contributed by atoms with Crippen molar-refractivity contribution in [2.45, 2.75) is 13.5 Å². The molecular formula is C22H24F2N6O2. The van der Waals surface area contributed by atoms with Crippen molar-refractivity contribution >= 4 is 5.69 Å². The van der Waals surface area contributed by atoms with Crippen molar-refractivity contribution in [3.63, 3.8) is 0 Å². The van der Waals surface area contributed by atoms with Crippen LogP contribution in [0.15, 0.2) is 59.3 Å². The number of nitrogens with two attached hydrogens (primary N) is 1. The average Bonchev–Trinajstić information content (AvgIpc) is 3.17. The fourth-order valence-electron chi connectivity index (χ4n) is 3.64. The first-order valence-corrected chi connectivity index (χ1v) is 10.3. The minimum Gasteiger partial charge on any atom is -0.378 e. The summed E-state index contributed by atoms with van der Waals surface area (Å²) < 4.78 is 33.3. The Hall–Kier alpha value is -3.37. The van der Waals surface area contributed by atoms with Crippen LogP contribution in [0.4, 0.5) is 14.5 Å². The van der Waals surface area contributed by atoms with Gasteiger partial charge < -0.3 is 15.4 Å². The van der Waals surface area contributed by atoms with Gasteiger partial charge in [-0.15, -0.1) is 0 Å². The van der Waals surface area contributed by atoms with Crippen LogP contribution in [-0.4, -0.2) is 52.2 Å². The molecule has 0 amide bonds. The normalized spacial score (nSPS) is 13.9. The van der Waals surface area contributed by atoms with Crippen LogP contribution >= 0.6 is 0 Å². The third-order valence-corrected chi connectivity index (χ3v) is 5.44. The maximum absolute atomic E-state index is 12.9. The topological polar surface area (TPSA) is 91.2 Å². The zero-order valence-corrected chi connectivity index (χ0v) is 17.7. The number of anilines is 1. The third-order valence-electron chi connectivity index (χ3n) is 5.44. The lowest BCUT2D eigenvalue weighted by molar-refractivity contribution is 0.122. The molecule has 2 aromatic heterocycles. The summed E-state index contributed by atoms with van der Waals surface area (Å²) in [7, 11) is 0. The SMILES string of the molecule is Cc1cc(-c2ccc(N3CCOCC3)cc2)cnc1-n1cnn(CC(CN)=C(F)F)c1=O. The van der Waals surface area contributed by atoms with Gasteiger partial charge in [0.15, 0.2) is 0 Å². The Labute approximate surface area is 183 Å². The van der Waals surface area contributed by atoms with E-state index in [2.05, 4.69) is 27.1 Å². The summed E-state index contributed by atoms with van der Waals surface area (Å²) in [6, 6.07) is 10.2. The highest BCUT2D eigenvalue weighted by Crippen LogP contribution is 2.25. The van der Waals surface area contributed by atoms with E-state index in [-0.39, 0.29) is 18.7 Å². The molecule has 32 heavy (non-hydrogen) atoms. The molecule has 3 aromatic rings. The highest BCUT2D eigenvalue weighted by molar-refractivity contribution is 5.67. The molecule has 0 spiro atoms. The summed E-state index contributed by atoms with van der Waals surface area (Å²) >= 11 is 0. The highest BCUT2D eigenvalue weighted by atomic mass is 19.3. The zero-order chi connectivity index (χ0) is 22.7. The van der Waals surface area contributed by atoms with Crippen molar-refractivity contribution in [3.05, 3.63) is 70.6 Å². The molecular weight excluding hydrogens is 418 g/mol. The van der Waals surface area contributed by atoms with Gasteiger partial charge in [0.1, 0.15) is 12.1 Å². The monoisotopic (exact) mass is 442 g/mol. The molecule has 1 aliphatic heterocycles. The number of hydrogen-bond acceptors (Lipinski definition) is 6. The molecule has 1 saturated heterocycles. The van der Waals surface area contributed by atoms with Gasteiger partial charge in [-0.25, -0.2) is 19.0 Å². The van der Waals surface area contributed by atoms with Crippen LogP contribution in [0.5, 0.6) is 0 Å². The van der Waals surface area contributed by atoms with E-state index in [1.807, 2.05) is 25.1 Å². The van der Waals surface area contributed by atoms with E-state index in [4.69, 9.17) is 10.5 Å². The van der Waals surface area contributed by atoms with Crippen LogP contribution in [-0.2, 0) is 11.3 Å². The molecule has 3 heterocycles. The lowest BCUT2D eigenvalue weighted by Crippen LogP contribution is -2.36. The van der Waals surface area contributed by atoms with Gasteiger partial charge in [0.2, 0.25) is 0 Å². The number of ether oxygens (including phenoxy) is 1. The number of rotatable bonds is 6. The van der Waals surface area contributed by atoms with Gasteiger partial charge in [-0.05, 0) is 36.2 Å². The predicted octanol–water partition coefficient (Wildman–Crippen LogP) is 2.35. The summed E-state index contributed by atoms with van der Waals surface area (Å²) in [5.74, 6) is 0.397. The summed E-state index contributed by atoms with van der Waals surface area (Å²) in [5, 5.41) is 3.93. The van der Waals surface area contributed by atoms with Crippen molar-refractivity contribution < 1.29 is 13.5 Å². The quantitative estimate of drug-likeness (QED) is 0.630. The molecule has 8 nitrogen and oxygen atoms in total. The van der Waals surface area contributed by atoms with Crippen LogP contribution in [0.2, 0.25) is 0 Å². The van der Waals surface area contributed by atoms with Crippen molar-refractivity contribution in [2.75, 3.05) is 37.7 Å². The van der Waals surface area contributed by atoms with Gasteiger partial charge in [-0.1, -0.05) is 12.1 Å². The molecule has 0 radical (unpaired) electrons. The molecule has 168 valence electrons. The number of aryl methyl sites for hydroxylation is 1. The zero-order valence-electron chi connectivity index (χ0n) is 17.7. The van der Waals surface area contributed by atoms with Crippen LogP contribution < -0.4 is 16.3 Å². The largest absolute Gasteiger partial charge is 0.378 e. The minimum absolute atomic E-state index is 0.335. The molecule has 1 aromatic carbocycles. The number of hydrogen-bond donors (Lipinski definition) is 1. The van der Waals surface area contributed by atoms with E-state index in [1.165, 1.54) is 10.9 Å². The maximum atomic E-state index is 12.9. The molecule has 0 bridgehead atoms. The molecule has 1 aliphatic rings. The van der Waals surface area contributed by atoms with Gasteiger partial charge in [0, 0.05) is 42.7 Å². The molecule has 1 fully saturated rings. The second-order valence-electron chi connectivity index (χ2n) is 7.52. The van der Waals surface area contributed by atoms with Crippen LogP contribution in [0.25, 0.3) is 16.9 Å². The van der Waals surface area contributed by atoms with Crippen LogP contribution in [0.3, 0.4) is 0 Å². The van der Waals surface area contributed by atoms with Crippen LogP contribution in [0.1, 0.15) is 5.56 Å². The van der Waals surface area contributed by atoms with Crippen molar-refractivity contribution in [1.82, 2.24) is 19.3 Å². The van der Waals surface area contributed by atoms with Gasteiger partial charge in [-0.2, -0.15) is 13.9 Å². The van der Waals surface area contributed by atoms with E-state index in [9.17, 15) is 13.6 Å². The van der Waals surface area contributed by atoms with Gasteiger partial charge in [-0.3, -0.25) is 0 Å². The maximum Gasteiger partial charge on any atom is 0.351 e. The molecule has 0 aliphatic carbocycles. The number of nitrogens with zero attached hydrogens (tertiary/aromatic N) is 5. The Morgan fingerprint density at radius 3 is 2.50 bits per heavy atom. The number of pyridine rings is 1. The summed E-state index contributed by atoms with van der Waals surface area (Å²) in [4.78, 5) is 19.4. The van der Waals surface area contributed by atoms with Gasteiger partial charge in [0.25, 0.3) is 6.08 Å². The fourth-order valence-corrected chi connectivity index (χ4v) is 3.64. The van der Waals surface area contributed by atoms with Crippen molar-refractivity contribution in [2.24, 2.45) is 5.73 Å². The second-order valence-corrected chi connectivity index (χ2v) is 7.52. The number of benzene rings is 1. The number of morpholine rings is 1. The highest BCUT2D eigenvalue weighted by Gasteiger charge is 2.15. The molecule has 0 saturated carbocycles. The lowest BCUT2D eigenvalue weighted by Gasteiger charge is -2.28. The minimum atomic E-state index is -1.90. The Bertz CT molecular complexity index is 1180. The Morgan fingerprint density at radius 1 is 1.16 bits per heavy atom. The standard InChI is InChI=1S/C22H24F2N6O2/c1-15-10-17(16-2-4-19(5-3-16)28-6-8-32-9-7-28)12-26-21(15)29-14-27-30(22(29)31)13-18(11-25)20(23)24/h2-5,10,12,14H,6-9,11,13,25H2,1H3. The smallest absolute Gasteiger partial charge is 0.351 e. The summed E-state index contributed by atoms with van der Waals surface area (Å²) in [6.45, 7) is 4.33. The summed E-state index contributed by atoms with van der Waals surface area (Å²) in [6.07, 6.45) is 1.06. The second kappa shape index (κ2) is 9.41. The Morgan fingerprint density at radius 2 is 1.88 bits per heavy atom. The Balaban J connectivity index is 1.56. The molecule has 10 heteroatoms. The molecule has 4 rings (SSSR count). The third kappa shape index (κ3) is 4.46. The molecule has 0 unspecified atom stereocenters. The number of aromatic nitrogens is 4. The average molecular weight is 442 g/mol. The first-order chi connectivity index (χ1) is 15.5. The van der Waals surface area contributed by atoms with E-state index in [0.29, 0.717) is 5.82 Å². The van der Waals surface area contributed by atoms with Crippen molar-refractivity contribution in [1.29, 1.82) is 0 Å². The van der Waals surface area contributed by atoms with Gasteiger partial charge >= 0.3 is 5.69 Å². The van der Waals surface area contributed by atoms with Crippen molar-refractivity contribution in [3.8, 4) is 16.9 Å². The molecule has 0 atom stereocenters. The fraction of sp³-hybridized carbons (Fsp3) is 0.318. The first kappa shape index (κ1) is 21.8. The predicted molar refractivity (Wildman–Crippen MR) is 117 cm³/mol. The van der Waals surface area contributed by atoms with E-state index < -0.39 is 11.8 Å². The van der Waals surface area contributed by atoms with E-state index in [1.54, 1.807) is 6.20 Å². The Kier molecular flexibility index (Phi) is 6.42.